The molecule has 0 unspecified atom stereocenters. The lowest BCUT2D eigenvalue weighted by Gasteiger charge is -2.21. The first-order chi connectivity index (χ1) is 18.5. The van der Waals surface area contributed by atoms with Gasteiger partial charge in [-0.3, -0.25) is 4.79 Å². The van der Waals surface area contributed by atoms with Crippen molar-refractivity contribution in [3.8, 4) is 5.75 Å². The molecule has 0 saturated carbocycles. The van der Waals surface area contributed by atoms with Gasteiger partial charge in [-0.15, -0.1) is 0 Å². The number of carboxylic acid groups (broad SMARTS) is 1. The Morgan fingerprint density at radius 2 is 2.03 bits per heavy atom. The molecule has 9 nitrogen and oxygen atoms in total. The van der Waals surface area contributed by atoms with E-state index in [4.69, 9.17) is 9.78 Å². The SMILES string of the molecule is CCCCCc1ncc(C[C@H](C(=O)N[C@@H](Cc2c[nH]c3ccccc23)C(=O)O)c2ccc3c(c2)OOC3)[nH]1. The molecule has 0 spiro atoms. The molecule has 0 saturated heterocycles. The zero-order chi connectivity index (χ0) is 26.5. The number of imidazole rings is 1. The summed E-state index contributed by atoms with van der Waals surface area (Å²) >= 11 is 0. The number of aromatic amines is 2. The van der Waals surface area contributed by atoms with E-state index >= 15 is 0 Å². The molecule has 4 aromatic rings. The zero-order valence-corrected chi connectivity index (χ0v) is 21.3. The summed E-state index contributed by atoms with van der Waals surface area (Å²) in [5, 5.41) is 13.7. The second-order valence-corrected chi connectivity index (χ2v) is 9.74. The molecule has 2 aromatic heterocycles. The molecule has 4 N–H and O–H groups in total. The van der Waals surface area contributed by atoms with Crippen LogP contribution in [0.5, 0.6) is 5.75 Å². The number of benzene rings is 2. The second kappa shape index (κ2) is 11.5. The van der Waals surface area contributed by atoms with Gasteiger partial charge in [-0.2, -0.15) is 4.89 Å². The number of hydrogen-bond donors (Lipinski definition) is 4. The normalized spacial score (nSPS) is 14.1. The van der Waals surface area contributed by atoms with E-state index in [1.165, 1.54) is 0 Å². The Kier molecular flexibility index (Phi) is 7.74. The molecule has 2 atom stereocenters. The van der Waals surface area contributed by atoms with Crippen molar-refractivity contribution in [2.45, 2.75) is 64.0 Å². The number of H-pyrrole nitrogens is 2. The van der Waals surface area contributed by atoms with Gasteiger partial charge in [0.15, 0.2) is 5.75 Å². The third-order valence-electron chi connectivity index (χ3n) is 7.01. The summed E-state index contributed by atoms with van der Waals surface area (Å²) in [5.41, 5.74) is 4.18. The Labute approximate surface area is 220 Å². The third kappa shape index (κ3) is 5.73. The fourth-order valence-corrected chi connectivity index (χ4v) is 4.89. The van der Waals surface area contributed by atoms with Crippen LogP contribution in [0.2, 0.25) is 0 Å². The maximum absolute atomic E-state index is 13.7. The molecule has 2 aromatic carbocycles. The first-order valence-electron chi connectivity index (χ1n) is 13.0. The van der Waals surface area contributed by atoms with Crippen LogP contribution in [0.1, 0.15) is 60.3 Å². The third-order valence-corrected chi connectivity index (χ3v) is 7.01. The molecule has 1 aliphatic rings. The summed E-state index contributed by atoms with van der Waals surface area (Å²) < 4.78 is 0. The Balaban J connectivity index is 1.37. The largest absolute Gasteiger partial charge is 0.480 e. The molecule has 1 aliphatic heterocycles. The fraction of sp³-hybridized carbons (Fsp3) is 0.345. The molecule has 0 aliphatic carbocycles. The first-order valence-corrected chi connectivity index (χ1v) is 13.0. The summed E-state index contributed by atoms with van der Waals surface area (Å²) in [4.78, 5) is 47.2. The molecule has 0 radical (unpaired) electrons. The van der Waals surface area contributed by atoms with E-state index in [2.05, 4.69) is 27.2 Å². The number of nitrogens with zero attached hydrogens (tertiary/aromatic N) is 1. The highest BCUT2D eigenvalue weighted by Crippen LogP contribution is 2.31. The number of aryl methyl sites for hydroxylation is 1. The Bertz CT molecular complexity index is 1430. The van der Waals surface area contributed by atoms with Gasteiger partial charge in [0, 0.05) is 53.8 Å². The number of nitrogens with one attached hydrogen (secondary N) is 3. The van der Waals surface area contributed by atoms with Crippen molar-refractivity contribution in [3.05, 3.63) is 83.1 Å². The molecule has 5 rings (SSSR count). The van der Waals surface area contributed by atoms with E-state index in [9.17, 15) is 14.7 Å². The minimum atomic E-state index is -1.09. The maximum Gasteiger partial charge on any atom is 0.326 e. The highest BCUT2D eigenvalue weighted by molar-refractivity contribution is 5.89. The highest BCUT2D eigenvalue weighted by Gasteiger charge is 2.29. The molecule has 198 valence electrons. The monoisotopic (exact) mass is 516 g/mol. The van der Waals surface area contributed by atoms with Crippen LogP contribution in [0.4, 0.5) is 0 Å². The number of unbranched alkanes of at least 4 members (excludes halogenated alkanes) is 2. The van der Waals surface area contributed by atoms with Crippen LogP contribution < -0.4 is 10.2 Å². The summed E-state index contributed by atoms with van der Waals surface area (Å²) in [7, 11) is 0. The quantitative estimate of drug-likeness (QED) is 0.161. The van der Waals surface area contributed by atoms with Crippen LogP contribution in [0.25, 0.3) is 10.9 Å². The van der Waals surface area contributed by atoms with Crippen LogP contribution in [0, 0.1) is 0 Å². The van der Waals surface area contributed by atoms with Gasteiger partial charge >= 0.3 is 5.97 Å². The lowest BCUT2D eigenvalue weighted by atomic mass is 9.91. The molecule has 0 fully saturated rings. The lowest BCUT2D eigenvalue weighted by molar-refractivity contribution is -0.194. The van der Waals surface area contributed by atoms with Crippen molar-refractivity contribution in [1.29, 1.82) is 0 Å². The minimum Gasteiger partial charge on any atom is -0.480 e. The Morgan fingerprint density at radius 3 is 2.87 bits per heavy atom. The molecular weight excluding hydrogens is 484 g/mol. The smallest absolute Gasteiger partial charge is 0.326 e. The number of amides is 1. The number of carbonyl (C=O) groups is 2. The van der Waals surface area contributed by atoms with Crippen molar-refractivity contribution < 1.29 is 24.5 Å². The van der Waals surface area contributed by atoms with Gasteiger partial charge in [-0.25, -0.2) is 9.78 Å². The number of fused-ring (bicyclic) bond motifs is 2. The minimum absolute atomic E-state index is 0.157. The van der Waals surface area contributed by atoms with Gasteiger partial charge in [0.2, 0.25) is 5.91 Å². The van der Waals surface area contributed by atoms with Crippen molar-refractivity contribution in [3.63, 3.8) is 0 Å². The predicted octanol–water partition coefficient (Wildman–Crippen LogP) is 4.59. The zero-order valence-electron chi connectivity index (χ0n) is 21.3. The number of aliphatic carboxylic acids is 1. The van der Waals surface area contributed by atoms with Gasteiger partial charge in [0.1, 0.15) is 18.5 Å². The average molecular weight is 517 g/mol. The van der Waals surface area contributed by atoms with Crippen LogP contribution in [0.3, 0.4) is 0 Å². The van der Waals surface area contributed by atoms with Gasteiger partial charge in [-0.05, 0) is 29.7 Å². The van der Waals surface area contributed by atoms with E-state index in [1.54, 1.807) is 18.5 Å². The van der Waals surface area contributed by atoms with Crippen molar-refractivity contribution in [2.24, 2.45) is 0 Å². The van der Waals surface area contributed by atoms with Gasteiger partial charge < -0.3 is 25.3 Å². The van der Waals surface area contributed by atoms with Gasteiger partial charge in [0.05, 0.1) is 5.92 Å². The second-order valence-electron chi connectivity index (χ2n) is 9.74. The van der Waals surface area contributed by atoms with Crippen LogP contribution in [-0.2, 0) is 40.3 Å². The number of aromatic nitrogens is 3. The van der Waals surface area contributed by atoms with Gasteiger partial charge in [0.25, 0.3) is 0 Å². The van der Waals surface area contributed by atoms with Crippen molar-refractivity contribution in [1.82, 2.24) is 20.3 Å². The fourth-order valence-electron chi connectivity index (χ4n) is 4.89. The van der Waals surface area contributed by atoms with Crippen LogP contribution >= 0.6 is 0 Å². The highest BCUT2D eigenvalue weighted by atomic mass is 17.2. The van der Waals surface area contributed by atoms with Crippen molar-refractivity contribution in [2.75, 3.05) is 0 Å². The van der Waals surface area contributed by atoms with E-state index in [1.807, 2.05) is 36.4 Å². The van der Waals surface area contributed by atoms with Crippen LogP contribution in [0.15, 0.2) is 54.9 Å². The summed E-state index contributed by atoms with van der Waals surface area (Å²) in [6.07, 6.45) is 8.21. The maximum atomic E-state index is 13.7. The van der Waals surface area contributed by atoms with Crippen LogP contribution in [-0.4, -0.2) is 38.0 Å². The lowest BCUT2D eigenvalue weighted by Crippen LogP contribution is -2.44. The number of carbonyl (C=O) groups excluding carboxylic acids is 1. The molecule has 1 amide bonds. The molecule has 9 heteroatoms. The number of carboxylic acids is 1. The first kappa shape index (κ1) is 25.5. The van der Waals surface area contributed by atoms with Gasteiger partial charge in [-0.1, -0.05) is 50.1 Å². The average Bonchev–Trinajstić information content (AvgIpc) is 3.67. The Morgan fingerprint density at radius 1 is 1.16 bits per heavy atom. The number of hydrogen-bond acceptors (Lipinski definition) is 5. The Hall–Kier alpha value is -4.11. The van der Waals surface area contributed by atoms with E-state index < -0.39 is 17.9 Å². The molecule has 38 heavy (non-hydrogen) atoms. The predicted molar refractivity (Wildman–Crippen MR) is 142 cm³/mol. The van der Waals surface area contributed by atoms with E-state index in [-0.39, 0.29) is 12.3 Å². The summed E-state index contributed by atoms with van der Waals surface area (Å²) in [6.45, 7) is 2.50. The number of rotatable bonds is 12. The molecule has 3 heterocycles. The van der Waals surface area contributed by atoms with E-state index in [0.29, 0.717) is 24.3 Å². The molecule has 0 bridgehead atoms. The number of para-hydroxylation sites is 1. The van der Waals surface area contributed by atoms with E-state index in [0.717, 1.165) is 59.2 Å². The topological polar surface area (TPSA) is 129 Å². The standard InChI is InChI=1S/C29H32N4O5/c1-2-3-4-9-27-31-16-21(32-27)14-23(18-10-11-19-17-37-38-26(19)13-18)28(34)33-25(29(35)36)12-20-15-30-24-8-6-5-7-22(20)24/h5-8,10-11,13,15-16,23,25,30H,2-4,9,12,14,17H2,1H3,(H,31,32)(H,33,34)(H,35,36)/t23-,25-/m0/s1. The molecular formula is C29H32N4O5. The summed E-state index contributed by atoms with van der Waals surface area (Å²) in [5.74, 6) is -0.663. The van der Waals surface area contributed by atoms with Crippen molar-refractivity contribution >= 4 is 22.8 Å². The summed E-state index contributed by atoms with van der Waals surface area (Å²) in [6, 6.07) is 12.1.